The van der Waals surface area contributed by atoms with Crippen molar-refractivity contribution in [1.82, 2.24) is 9.47 Å². The maximum Gasteiger partial charge on any atom is 0.259 e. The van der Waals surface area contributed by atoms with Gasteiger partial charge >= 0.3 is 0 Å². The number of rotatable bonds is 4. The van der Waals surface area contributed by atoms with Gasteiger partial charge in [-0.25, -0.2) is 0 Å². The average molecular weight is 430 g/mol. The number of aromatic hydroxyl groups is 1. The van der Waals surface area contributed by atoms with E-state index in [4.69, 9.17) is 0 Å². The molecule has 32 heavy (non-hydrogen) atoms. The van der Waals surface area contributed by atoms with E-state index in [1.54, 1.807) is 18.2 Å². The summed E-state index contributed by atoms with van der Waals surface area (Å²) in [6.07, 6.45) is 3.19. The van der Waals surface area contributed by atoms with Crippen LogP contribution in [-0.4, -0.2) is 32.9 Å². The second-order valence-corrected chi connectivity index (χ2v) is 9.12. The fourth-order valence-electron chi connectivity index (χ4n) is 4.91. The normalized spacial score (nSPS) is 17.7. The van der Waals surface area contributed by atoms with Crippen molar-refractivity contribution in [3.8, 4) is 5.75 Å². The molecule has 5 rings (SSSR count). The molecule has 3 heterocycles. The maximum atomic E-state index is 13.4. The van der Waals surface area contributed by atoms with Crippen LogP contribution < -0.4 is 5.32 Å². The molecule has 2 aliphatic rings. The molecule has 3 aromatic rings. The lowest BCUT2D eigenvalue weighted by molar-refractivity contribution is -0.139. The van der Waals surface area contributed by atoms with Crippen LogP contribution in [0.15, 0.2) is 59.9 Å². The monoisotopic (exact) mass is 429 g/mol. The Morgan fingerprint density at radius 2 is 2.00 bits per heavy atom. The maximum absolute atomic E-state index is 13.4. The van der Waals surface area contributed by atoms with E-state index in [2.05, 4.69) is 36.0 Å². The number of benzene rings is 2. The van der Waals surface area contributed by atoms with Crippen LogP contribution in [0.4, 0.5) is 5.69 Å². The summed E-state index contributed by atoms with van der Waals surface area (Å²) in [5.41, 5.74) is 5.22. The predicted octanol–water partition coefficient (Wildman–Crippen LogP) is 4.59. The van der Waals surface area contributed by atoms with E-state index < -0.39 is 0 Å². The summed E-state index contributed by atoms with van der Waals surface area (Å²) in [5, 5.41) is 14.8. The molecule has 0 saturated heterocycles. The van der Waals surface area contributed by atoms with Gasteiger partial charge in [-0.15, -0.1) is 0 Å². The Morgan fingerprint density at radius 1 is 1.22 bits per heavy atom. The number of hydrogen-bond acceptors (Lipinski definition) is 4. The third kappa shape index (κ3) is 3.18. The number of hydrogen-bond donors (Lipinski definition) is 2. The smallest absolute Gasteiger partial charge is 0.259 e. The number of carbonyl (C=O) groups is 2. The Kier molecular flexibility index (Phi) is 4.81. The molecule has 6 nitrogen and oxygen atoms in total. The van der Waals surface area contributed by atoms with E-state index in [-0.39, 0.29) is 30.0 Å². The zero-order valence-electron chi connectivity index (χ0n) is 18.6. The minimum absolute atomic E-state index is 0.152. The first-order chi connectivity index (χ1) is 15.3. The first-order valence-electron chi connectivity index (χ1n) is 11.1. The van der Waals surface area contributed by atoms with Gasteiger partial charge in [-0.3, -0.25) is 14.5 Å². The molecule has 1 unspecified atom stereocenters. The minimum Gasteiger partial charge on any atom is -0.508 e. The fraction of sp³-hybridized carbons (Fsp3) is 0.308. The van der Waals surface area contributed by atoms with Crippen LogP contribution in [0.25, 0.3) is 10.9 Å². The zero-order chi connectivity index (χ0) is 22.6. The summed E-state index contributed by atoms with van der Waals surface area (Å²) in [6.45, 7) is 6.95. The van der Waals surface area contributed by atoms with Gasteiger partial charge in [0.05, 0.1) is 17.6 Å². The topological polar surface area (TPSA) is 74.6 Å². The first-order valence-corrected chi connectivity index (χ1v) is 11.1. The minimum atomic E-state index is -0.382. The summed E-state index contributed by atoms with van der Waals surface area (Å²) in [6, 6.07) is 13.2. The lowest BCUT2D eigenvalue weighted by atomic mass is 9.84. The third-order valence-electron chi connectivity index (χ3n) is 6.47. The molecular weight excluding hydrogens is 402 g/mol. The van der Waals surface area contributed by atoms with Crippen LogP contribution in [0.5, 0.6) is 5.75 Å². The molecular formula is C26H27N3O3. The van der Waals surface area contributed by atoms with Gasteiger partial charge < -0.3 is 15.0 Å². The Morgan fingerprint density at radius 3 is 2.72 bits per heavy atom. The highest BCUT2D eigenvalue weighted by Gasteiger charge is 2.41. The van der Waals surface area contributed by atoms with Crippen LogP contribution in [0.3, 0.4) is 0 Å². The van der Waals surface area contributed by atoms with E-state index in [0.29, 0.717) is 11.5 Å². The highest BCUT2D eigenvalue weighted by molar-refractivity contribution is 6.11. The van der Waals surface area contributed by atoms with Crippen LogP contribution in [0.2, 0.25) is 0 Å². The van der Waals surface area contributed by atoms with Crippen molar-refractivity contribution in [3.63, 3.8) is 0 Å². The molecule has 2 aliphatic heterocycles. The van der Waals surface area contributed by atoms with Crippen molar-refractivity contribution < 1.29 is 14.7 Å². The van der Waals surface area contributed by atoms with E-state index in [0.717, 1.165) is 46.4 Å². The summed E-state index contributed by atoms with van der Waals surface area (Å²) in [4.78, 5) is 26.9. The molecule has 0 aliphatic carbocycles. The molecule has 1 aromatic heterocycles. The Bertz CT molecular complexity index is 1280. The molecule has 0 fully saturated rings. The lowest BCUT2D eigenvalue weighted by Gasteiger charge is -2.19. The highest BCUT2D eigenvalue weighted by atomic mass is 16.3. The number of nitrogens with one attached hydrogen (secondary N) is 1. The molecule has 0 spiro atoms. The molecule has 1 atom stereocenters. The molecule has 2 N–H and O–H groups in total. The van der Waals surface area contributed by atoms with E-state index >= 15 is 0 Å². The number of nitrogens with zero attached hydrogens (tertiary/aromatic N) is 2. The fourth-order valence-corrected chi connectivity index (χ4v) is 4.91. The zero-order valence-corrected chi connectivity index (χ0v) is 18.6. The first kappa shape index (κ1) is 20.4. The lowest BCUT2D eigenvalue weighted by Crippen LogP contribution is -2.33. The van der Waals surface area contributed by atoms with Crippen LogP contribution in [-0.2, 0) is 16.1 Å². The Balaban J connectivity index is 1.76. The highest BCUT2D eigenvalue weighted by Crippen LogP contribution is 2.46. The van der Waals surface area contributed by atoms with Crippen molar-refractivity contribution >= 4 is 28.4 Å². The summed E-state index contributed by atoms with van der Waals surface area (Å²) >= 11 is 0. The largest absolute Gasteiger partial charge is 0.508 e. The SMILES string of the molecule is CC(=O)N1CC2=C(C1=O)C(c1cccc(O)c1)c1cn(CCC(C)C)c3cccc(c13)N2. The molecule has 2 aromatic carbocycles. The van der Waals surface area contributed by atoms with Crippen LogP contribution >= 0.6 is 0 Å². The Hall–Kier alpha value is -3.54. The van der Waals surface area contributed by atoms with Gasteiger partial charge in [0.2, 0.25) is 5.91 Å². The van der Waals surface area contributed by atoms with Crippen molar-refractivity contribution in [3.05, 3.63) is 71.1 Å². The average Bonchev–Trinajstić information content (AvgIpc) is 3.22. The quantitative estimate of drug-likeness (QED) is 0.636. The number of anilines is 1. The van der Waals surface area contributed by atoms with Gasteiger partial charge in [-0.05, 0) is 47.7 Å². The van der Waals surface area contributed by atoms with Gasteiger partial charge in [0.1, 0.15) is 5.75 Å². The molecule has 0 radical (unpaired) electrons. The summed E-state index contributed by atoms with van der Waals surface area (Å²) < 4.78 is 2.26. The van der Waals surface area contributed by atoms with Gasteiger partial charge in [-0.2, -0.15) is 0 Å². The Labute approximate surface area is 187 Å². The van der Waals surface area contributed by atoms with E-state index in [9.17, 15) is 14.7 Å². The summed E-state index contributed by atoms with van der Waals surface area (Å²) in [5.74, 6) is -0.203. The molecule has 6 heteroatoms. The van der Waals surface area contributed by atoms with E-state index in [1.807, 2.05) is 18.2 Å². The predicted molar refractivity (Wildman–Crippen MR) is 124 cm³/mol. The van der Waals surface area contributed by atoms with Crippen molar-refractivity contribution in [1.29, 1.82) is 0 Å². The van der Waals surface area contributed by atoms with E-state index in [1.165, 1.54) is 11.8 Å². The second kappa shape index (κ2) is 7.55. The third-order valence-corrected chi connectivity index (χ3v) is 6.47. The number of carbonyl (C=O) groups excluding carboxylic acids is 2. The number of phenols is 1. The second-order valence-electron chi connectivity index (χ2n) is 9.12. The number of phenolic OH excluding ortho intramolecular Hbond substituents is 1. The summed E-state index contributed by atoms with van der Waals surface area (Å²) in [7, 11) is 0. The molecule has 2 amide bonds. The molecule has 164 valence electrons. The van der Waals surface area contributed by atoms with Gasteiger partial charge in [0.15, 0.2) is 0 Å². The number of aromatic nitrogens is 1. The van der Waals surface area contributed by atoms with Crippen molar-refractivity contribution in [2.75, 3.05) is 11.9 Å². The van der Waals surface area contributed by atoms with Crippen LogP contribution in [0.1, 0.15) is 44.2 Å². The van der Waals surface area contributed by atoms with Gasteiger partial charge in [-0.1, -0.05) is 32.0 Å². The molecule has 0 saturated carbocycles. The number of imide groups is 1. The van der Waals surface area contributed by atoms with Gasteiger partial charge in [0, 0.05) is 42.4 Å². The standard InChI is InChI=1S/C26H27N3O3/c1-15(2)10-11-28-13-19-23(17-6-4-7-18(31)12-17)25-21(14-29(16(3)30)26(25)32)27-20-8-5-9-22(28)24(19)20/h4-9,12-13,15,23,27,31H,10-11,14H2,1-3H3. The van der Waals surface area contributed by atoms with Crippen LogP contribution in [0, 0.1) is 5.92 Å². The van der Waals surface area contributed by atoms with Gasteiger partial charge in [0.25, 0.3) is 5.91 Å². The number of aryl methyl sites for hydroxylation is 1. The van der Waals surface area contributed by atoms with Crippen molar-refractivity contribution in [2.45, 2.75) is 39.7 Å². The van der Waals surface area contributed by atoms with Crippen molar-refractivity contribution in [2.24, 2.45) is 5.92 Å². The molecule has 0 bridgehead atoms. The number of amides is 2.